The second-order valence-corrected chi connectivity index (χ2v) is 2.85. The monoisotopic (exact) mass is 201 g/mol. The highest BCUT2D eigenvalue weighted by molar-refractivity contribution is 5.98. The van der Waals surface area contributed by atoms with E-state index in [0.717, 1.165) is 0 Å². The molecule has 1 aliphatic heterocycles. The molecular formula is C8H11NO5. The van der Waals surface area contributed by atoms with Crippen LogP contribution in [0.1, 0.15) is 19.8 Å². The van der Waals surface area contributed by atoms with Crippen molar-refractivity contribution in [1.29, 1.82) is 0 Å². The molecule has 0 aromatic carbocycles. The van der Waals surface area contributed by atoms with E-state index in [1.807, 2.05) is 0 Å². The van der Waals surface area contributed by atoms with Crippen LogP contribution < -0.4 is 0 Å². The summed E-state index contributed by atoms with van der Waals surface area (Å²) < 4.78 is 4.66. The summed E-state index contributed by atoms with van der Waals surface area (Å²) in [5.41, 5.74) is 0. The van der Waals surface area contributed by atoms with Gasteiger partial charge in [-0.05, 0) is 13.3 Å². The largest absolute Gasteiger partial charge is 0.465 e. The highest BCUT2D eigenvalue weighted by Crippen LogP contribution is 2.19. The lowest BCUT2D eigenvalue weighted by molar-refractivity contribution is -0.150. The third kappa shape index (κ3) is 1.84. The first-order chi connectivity index (χ1) is 6.57. The molecule has 1 atom stereocenters. The number of likely N-dealkylation sites (tertiary alicyclic amines) is 1. The molecule has 0 aromatic rings. The quantitative estimate of drug-likeness (QED) is 0.646. The molecule has 1 unspecified atom stereocenters. The number of imide groups is 1. The van der Waals surface area contributed by atoms with Crippen molar-refractivity contribution in [2.45, 2.75) is 25.8 Å². The van der Waals surface area contributed by atoms with Gasteiger partial charge < -0.3 is 9.84 Å². The second-order valence-electron chi connectivity index (χ2n) is 2.85. The number of amides is 2. The van der Waals surface area contributed by atoms with Crippen LogP contribution in [0, 0.1) is 0 Å². The highest BCUT2D eigenvalue weighted by atomic mass is 16.5. The third-order valence-corrected chi connectivity index (χ3v) is 1.98. The summed E-state index contributed by atoms with van der Waals surface area (Å²) in [6.07, 6.45) is -1.11. The van der Waals surface area contributed by atoms with Crippen molar-refractivity contribution in [2.75, 3.05) is 6.61 Å². The molecule has 1 rings (SSSR count). The molecule has 0 saturated carbocycles. The number of hydrogen-bond acceptors (Lipinski definition) is 4. The van der Waals surface area contributed by atoms with E-state index in [2.05, 4.69) is 4.74 Å². The summed E-state index contributed by atoms with van der Waals surface area (Å²) in [6.45, 7) is 1.80. The van der Waals surface area contributed by atoms with E-state index >= 15 is 0 Å². The Morgan fingerprint density at radius 1 is 1.64 bits per heavy atom. The molecule has 6 nitrogen and oxygen atoms in total. The van der Waals surface area contributed by atoms with Gasteiger partial charge in [0, 0.05) is 6.42 Å². The molecule has 1 heterocycles. The van der Waals surface area contributed by atoms with E-state index in [1.165, 1.54) is 0 Å². The van der Waals surface area contributed by atoms with E-state index in [4.69, 9.17) is 5.11 Å². The average Bonchev–Trinajstić information content (AvgIpc) is 2.47. The fraction of sp³-hybridized carbons (Fsp3) is 0.625. The fourth-order valence-electron chi connectivity index (χ4n) is 1.39. The van der Waals surface area contributed by atoms with Gasteiger partial charge >= 0.3 is 12.1 Å². The third-order valence-electron chi connectivity index (χ3n) is 1.98. The van der Waals surface area contributed by atoms with E-state index in [0.29, 0.717) is 4.90 Å². The van der Waals surface area contributed by atoms with Crippen molar-refractivity contribution in [1.82, 2.24) is 4.90 Å². The Bertz CT molecular complexity index is 275. The molecule has 1 saturated heterocycles. The minimum atomic E-state index is -1.40. The van der Waals surface area contributed by atoms with Crippen LogP contribution >= 0.6 is 0 Å². The molecular weight excluding hydrogens is 190 g/mol. The van der Waals surface area contributed by atoms with Crippen molar-refractivity contribution >= 4 is 18.0 Å². The highest BCUT2D eigenvalue weighted by Gasteiger charge is 2.41. The summed E-state index contributed by atoms with van der Waals surface area (Å²) in [5, 5.41) is 8.67. The van der Waals surface area contributed by atoms with Gasteiger partial charge in [-0.1, -0.05) is 0 Å². The maximum absolute atomic E-state index is 11.2. The molecule has 6 heteroatoms. The molecule has 14 heavy (non-hydrogen) atoms. The maximum Gasteiger partial charge on any atom is 0.414 e. The molecule has 0 bridgehead atoms. The van der Waals surface area contributed by atoms with Gasteiger partial charge in [-0.15, -0.1) is 0 Å². The Balaban J connectivity index is 2.74. The summed E-state index contributed by atoms with van der Waals surface area (Å²) >= 11 is 0. The van der Waals surface area contributed by atoms with E-state index < -0.39 is 24.0 Å². The van der Waals surface area contributed by atoms with E-state index in [1.54, 1.807) is 6.92 Å². The lowest BCUT2D eigenvalue weighted by Crippen LogP contribution is -2.42. The molecule has 1 aliphatic rings. The Morgan fingerprint density at radius 3 is 2.79 bits per heavy atom. The van der Waals surface area contributed by atoms with Gasteiger partial charge in [-0.2, -0.15) is 0 Å². The van der Waals surface area contributed by atoms with Gasteiger partial charge in [0.2, 0.25) is 5.91 Å². The van der Waals surface area contributed by atoms with Gasteiger partial charge in [-0.3, -0.25) is 4.79 Å². The van der Waals surface area contributed by atoms with Crippen molar-refractivity contribution in [3.05, 3.63) is 0 Å². The zero-order valence-electron chi connectivity index (χ0n) is 7.73. The minimum absolute atomic E-state index is 0.0791. The van der Waals surface area contributed by atoms with Gasteiger partial charge in [-0.25, -0.2) is 14.5 Å². The second kappa shape index (κ2) is 4.08. The van der Waals surface area contributed by atoms with Crippen molar-refractivity contribution in [2.24, 2.45) is 0 Å². The van der Waals surface area contributed by atoms with Crippen LogP contribution in [-0.2, 0) is 14.3 Å². The first-order valence-corrected chi connectivity index (χ1v) is 4.29. The number of carbonyl (C=O) groups excluding carboxylic acids is 2. The number of nitrogens with zero attached hydrogens (tertiary/aromatic N) is 1. The summed E-state index contributed by atoms with van der Waals surface area (Å²) in [6, 6.07) is -0.958. The predicted octanol–water partition coefficient (Wildman–Crippen LogP) is 0.219. The van der Waals surface area contributed by atoms with Crippen molar-refractivity contribution in [3.63, 3.8) is 0 Å². The molecule has 1 fully saturated rings. The molecule has 0 radical (unpaired) electrons. The Hall–Kier alpha value is -1.59. The lowest BCUT2D eigenvalue weighted by atomic mass is 10.2. The van der Waals surface area contributed by atoms with Gasteiger partial charge in [0.15, 0.2) is 0 Å². The SMILES string of the molecule is CCOC(=O)C1CCC(=O)N1C(=O)O. The molecule has 78 valence electrons. The van der Waals surface area contributed by atoms with E-state index in [-0.39, 0.29) is 19.4 Å². The van der Waals surface area contributed by atoms with Crippen LogP contribution in [0.2, 0.25) is 0 Å². The zero-order valence-corrected chi connectivity index (χ0v) is 7.73. The molecule has 0 aliphatic carbocycles. The number of hydrogen-bond donors (Lipinski definition) is 1. The first kappa shape index (κ1) is 10.5. The topological polar surface area (TPSA) is 83.9 Å². The van der Waals surface area contributed by atoms with Crippen LogP contribution in [0.3, 0.4) is 0 Å². The van der Waals surface area contributed by atoms with Crippen molar-refractivity contribution < 1.29 is 24.2 Å². The molecule has 0 spiro atoms. The van der Waals surface area contributed by atoms with Crippen LogP contribution in [0.25, 0.3) is 0 Å². The standard InChI is InChI=1S/C8H11NO5/c1-2-14-7(11)5-3-4-6(10)9(5)8(12)13/h5H,2-4H2,1H3,(H,12,13). The maximum atomic E-state index is 11.2. The van der Waals surface area contributed by atoms with Crippen LogP contribution in [0.15, 0.2) is 0 Å². The number of carbonyl (C=O) groups is 3. The summed E-state index contributed by atoms with van der Waals surface area (Å²) in [5.74, 6) is -1.20. The van der Waals surface area contributed by atoms with Gasteiger partial charge in [0.25, 0.3) is 0 Å². The van der Waals surface area contributed by atoms with Crippen molar-refractivity contribution in [3.8, 4) is 0 Å². The minimum Gasteiger partial charge on any atom is -0.465 e. The number of esters is 1. The van der Waals surface area contributed by atoms with E-state index in [9.17, 15) is 14.4 Å². The average molecular weight is 201 g/mol. The first-order valence-electron chi connectivity index (χ1n) is 4.29. The molecule has 0 aromatic heterocycles. The fourth-order valence-corrected chi connectivity index (χ4v) is 1.39. The number of carboxylic acid groups (broad SMARTS) is 1. The van der Waals surface area contributed by atoms with Crippen LogP contribution in [0.4, 0.5) is 4.79 Å². The number of rotatable bonds is 2. The summed E-state index contributed by atoms with van der Waals surface area (Å²) in [7, 11) is 0. The normalized spacial score (nSPS) is 21.1. The van der Waals surface area contributed by atoms with Crippen LogP contribution in [0.5, 0.6) is 0 Å². The molecule has 1 N–H and O–H groups in total. The molecule has 2 amide bonds. The Kier molecular flexibility index (Phi) is 3.06. The predicted molar refractivity (Wildman–Crippen MR) is 44.5 cm³/mol. The van der Waals surface area contributed by atoms with Crippen LogP contribution in [-0.4, -0.2) is 40.6 Å². The lowest BCUT2D eigenvalue weighted by Gasteiger charge is -2.17. The Labute approximate surface area is 80.4 Å². The Morgan fingerprint density at radius 2 is 2.29 bits per heavy atom. The zero-order chi connectivity index (χ0) is 10.7. The number of ether oxygens (including phenoxy) is 1. The summed E-state index contributed by atoms with van der Waals surface area (Å²) in [4.78, 5) is 33.5. The van der Waals surface area contributed by atoms with Gasteiger partial charge in [0.05, 0.1) is 6.61 Å². The van der Waals surface area contributed by atoms with Gasteiger partial charge in [0.1, 0.15) is 6.04 Å². The smallest absolute Gasteiger partial charge is 0.414 e.